The Morgan fingerprint density at radius 3 is 2.55 bits per heavy atom. The number of hydrogen-bond donors (Lipinski definition) is 4. The lowest BCUT2D eigenvalue weighted by atomic mass is 9.43. The summed E-state index contributed by atoms with van der Waals surface area (Å²) in [6.45, 7) is 5.02. The summed E-state index contributed by atoms with van der Waals surface area (Å²) in [5, 5.41) is 41.6. The lowest BCUT2D eigenvalue weighted by Gasteiger charge is -2.63. The number of fused-ring (bicyclic) bond motifs is 5. The molecule has 0 unspecified atom stereocenters. The normalized spacial score (nSPS) is 53.1. The van der Waals surface area contributed by atoms with Crippen molar-refractivity contribution in [3.8, 4) is 0 Å². The smallest absolute Gasteiger partial charge is 0.336 e. The third kappa shape index (κ3) is 2.13. The van der Waals surface area contributed by atoms with E-state index in [9.17, 15) is 30.0 Å². The van der Waals surface area contributed by atoms with Crippen LogP contribution in [0.3, 0.4) is 0 Å². The molecule has 3 fully saturated rings. The van der Waals surface area contributed by atoms with Crippen LogP contribution < -0.4 is 0 Å². The fraction of sp³-hybridized carbons (Fsp3) is 0.727. The number of ketones is 1. The Balaban J connectivity index is 1.86. The molecule has 0 aliphatic heterocycles. The monoisotopic (exact) mass is 408 g/mol. The molecule has 0 radical (unpaired) electrons. The molecule has 160 valence electrons. The van der Waals surface area contributed by atoms with Gasteiger partial charge in [-0.25, -0.2) is 9.18 Å². The summed E-state index contributed by atoms with van der Waals surface area (Å²) in [5.74, 6) is -3.31. The molecule has 7 heteroatoms. The van der Waals surface area contributed by atoms with Crippen molar-refractivity contribution in [2.24, 2.45) is 28.6 Å². The van der Waals surface area contributed by atoms with Crippen LogP contribution in [0.4, 0.5) is 4.39 Å². The zero-order chi connectivity index (χ0) is 21.6. The molecule has 4 aliphatic carbocycles. The Labute approximate surface area is 169 Å². The van der Waals surface area contributed by atoms with E-state index in [0.29, 0.717) is 31.1 Å². The van der Waals surface area contributed by atoms with Crippen LogP contribution in [-0.4, -0.2) is 49.6 Å². The predicted octanol–water partition coefficient (Wildman–Crippen LogP) is 2.69. The van der Waals surface area contributed by atoms with E-state index in [1.165, 1.54) is 6.08 Å². The molecule has 0 bridgehead atoms. The lowest BCUT2D eigenvalue weighted by molar-refractivity contribution is -0.232. The van der Waals surface area contributed by atoms with Crippen LogP contribution in [0.15, 0.2) is 23.5 Å². The van der Waals surface area contributed by atoms with Gasteiger partial charge in [0.1, 0.15) is 5.67 Å². The van der Waals surface area contributed by atoms with Crippen LogP contribution in [-0.2, 0) is 9.59 Å². The molecule has 0 saturated heterocycles. The highest BCUT2D eigenvalue weighted by Crippen LogP contribution is 2.71. The lowest BCUT2D eigenvalue weighted by Crippen LogP contribution is -2.69. The molecule has 0 heterocycles. The van der Waals surface area contributed by atoms with E-state index in [0.717, 1.165) is 0 Å². The summed E-state index contributed by atoms with van der Waals surface area (Å²) in [5.41, 5.74) is -5.71. The van der Waals surface area contributed by atoms with Crippen molar-refractivity contribution in [1.29, 1.82) is 0 Å². The number of aliphatic carboxylic acids is 1. The quantitative estimate of drug-likeness (QED) is 0.392. The molecule has 0 aromatic heterocycles. The van der Waals surface area contributed by atoms with E-state index in [4.69, 9.17) is 0 Å². The molecule has 3 saturated carbocycles. The third-order valence-electron chi connectivity index (χ3n) is 9.06. The molecule has 4 N–H and O–H groups in total. The standard InChI is InChI=1S/C22H29FO6/c1-11-6-15-14-5-4-13-7-16(25)12(10-24)8-19(13,2)21(14,23)17(26)9-20(15,3)22(11,29)18(27)28/h7,10-11,14-15,17,24,26,29H,4-6,8-9H2,1-3H3,(H,27,28)/b12-10-/t11-,14+,15+,17+,19+,20+,21+,22+/m1/s1. The van der Waals surface area contributed by atoms with Crippen LogP contribution in [0.25, 0.3) is 0 Å². The van der Waals surface area contributed by atoms with Crippen molar-refractivity contribution < 1.29 is 34.4 Å². The number of aliphatic hydroxyl groups excluding tert-OH is 2. The number of hydrogen-bond acceptors (Lipinski definition) is 5. The molecular weight excluding hydrogens is 379 g/mol. The number of carbonyl (C=O) groups is 2. The first-order valence-electron chi connectivity index (χ1n) is 10.3. The molecule has 8 atom stereocenters. The van der Waals surface area contributed by atoms with Crippen molar-refractivity contribution in [2.45, 2.75) is 70.2 Å². The SMILES string of the molecule is C[C@@H]1C[C@H]2[C@@H]3CCC4=CC(=O)/C(=C\O)C[C@]4(C)[C@@]3(F)[C@@H](O)C[C@]2(C)[C@@]1(O)C(=O)O. The number of carboxylic acid groups (broad SMARTS) is 1. The number of aliphatic hydroxyl groups is 3. The first kappa shape index (κ1) is 20.5. The van der Waals surface area contributed by atoms with Crippen LogP contribution in [0.1, 0.15) is 52.9 Å². The highest BCUT2D eigenvalue weighted by atomic mass is 19.1. The maximum absolute atomic E-state index is 17.0. The summed E-state index contributed by atoms with van der Waals surface area (Å²) in [4.78, 5) is 24.3. The highest BCUT2D eigenvalue weighted by molar-refractivity contribution is 6.05. The Morgan fingerprint density at radius 2 is 1.97 bits per heavy atom. The average Bonchev–Trinajstić information content (AvgIpc) is 2.85. The van der Waals surface area contributed by atoms with Gasteiger partial charge in [-0.1, -0.05) is 26.3 Å². The van der Waals surface area contributed by atoms with E-state index in [-0.39, 0.29) is 24.2 Å². The van der Waals surface area contributed by atoms with Crippen molar-refractivity contribution in [1.82, 2.24) is 0 Å². The van der Waals surface area contributed by atoms with Gasteiger partial charge in [0, 0.05) is 22.3 Å². The fourth-order valence-corrected chi connectivity index (χ4v) is 7.45. The Kier molecular flexibility index (Phi) is 4.19. The summed E-state index contributed by atoms with van der Waals surface area (Å²) in [6.07, 6.45) is 1.63. The van der Waals surface area contributed by atoms with E-state index >= 15 is 4.39 Å². The van der Waals surface area contributed by atoms with Crippen LogP contribution in [0.5, 0.6) is 0 Å². The van der Waals surface area contributed by atoms with Crippen molar-refractivity contribution in [3.05, 3.63) is 23.5 Å². The zero-order valence-corrected chi connectivity index (χ0v) is 17.0. The maximum atomic E-state index is 17.0. The number of carbonyl (C=O) groups excluding carboxylic acids is 1. The van der Waals surface area contributed by atoms with Gasteiger partial charge in [-0.05, 0) is 50.0 Å². The van der Waals surface area contributed by atoms with Gasteiger partial charge >= 0.3 is 5.97 Å². The van der Waals surface area contributed by atoms with E-state index in [1.54, 1.807) is 20.8 Å². The van der Waals surface area contributed by atoms with Gasteiger partial charge in [-0.15, -0.1) is 0 Å². The largest absolute Gasteiger partial charge is 0.515 e. The predicted molar refractivity (Wildman–Crippen MR) is 102 cm³/mol. The molecular formula is C22H29FO6. The Morgan fingerprint density at radius 1 is 1.31 bits per heavy atom. The van der Waals surface area contributed by atoms with Gasteiger partial charge in [0.05, 0.1) is 12.4 Å². The third-order valence-corrected chi connectivity index (χ3v) is 9.06. The number of halogens is 1. The van der Waals surface area contributed by atoms with Gasteiger partial charge in [0.15, 0.2) is 11.4 Å². The van der Waals surface area contributed by atoms with Gasteiger partial charge in [-0.3, -0.25) is 4.79 Å². The Bertz CT molecular complexity index is 850. The first-order valence-corrected chi connectivity index (χ1v) is 10.3. The molecule has 0 amide bonds. The molecule has 0 aromatic carbocycles. The number of alkyl halides is 1. The number of carboxylic acids is 1. The minimum Gasteiger partial charge on any atom is -0.515 e. The molecule has 4 aliphatic rings. The first-order chi connectivity index (χ1) is 13.4. The van der Waals surface area contributed by atoms with E-state index in [2.05, 4.69) is 0 Å². The summed E-state index contributed by atoms with van der Waals surface area (Å²) in [6, 6.07) is 0. The van der Waals surface area contributed by atoms with Gasteiger partial charge < -0.3 is 20.4 Å². The summed E-state index contributed by atoms with van der Waals surface area (Å²) in [7, 11) is 0. The summed E-state index contributed by atoms with van der Waals surface area (Å²) >= 11 is 0. The van der Waals surface area contributed by atoms with Crippen LogP contribution in [0.2, 0.25) is 0 Å². The van der Waals surface area contributed by atoms with E-state index < -0.39 is 51.9 Å². The minimum atomic E-state index is -2.08. The van der Waals surface area contributed by atoms with Gasteiger partial charge in [0.2, 0.25) is 0 Å². The fourth-order valence-electron chi connectivity index (χ4n) is 7.45. The van der Waals surface area contributed by atoms with Crippen LogP contribution >= 0.6 is 0 Å². The molecule has 6 nitrogen and oxygen atoms in total. The summed E-state index contributed by atoms with van der Waals surface area (Å²) < 4.78 is 17.0. The second kappa shape index (κ2) is 5.91. The van der Waals surface area contributed by atoms with Crippen molar-refractivity contribution in [2.75, 3.05) is 0 Å². The highest BCUT2D eigenvalue weighted by Gasteiger charge is 2.76. The van der Waals surface area contributed by atoms with Crippen LogP contribution in [0, 0.1) is 28.6 Å². The van der Waals surface area contributed by atoms with Crippen molar-refractivity contribution in [3.63, 3.8) is 0 Å². The second-order valence-electron chi connectivity index (χ2n) is 10.1. The Hall–Kier alpha value is -1.73. The average molecular weight is 408 g/mol. The number of allylic oxidation sites excluding steroid dienone is 2. The van der Waals surface area contributed by atoms with Crippen molar-refractivity contribution >= 4 is 11.8 Å². The minimum absolute atomic E-state index is 0.0135. The molecule has 0 aromatic rings. The number of rotatable bonds is 1. The second-order valence-corrected chi connectivity index (χ2v) is 10.1. The molecule has 0 spiro atoms. The van der Waals surface area contributed by atoms with Gasteiger partial charge in [0.25, 0.3) is 0 Å². The van der Waals surface area contributed by atoms with E-state index in [1.807, 2.05) is 0 Å². The zero-order valence-electron chi connectivity index (χ0n) is 17.0. The maximum Gasteiger partial charge on any atom is 0.336 e. The molecule has 4 rings (SSSR count). The van der Waals surface area contributed by atoms with Gasteiger partial charge in [-0.2, -0.15) is 0 Å². The molecule has 29 heavy (non-hydrogen) atoms. The topological polar surface area (TPSA) is 115 Å².